The number of hydrogen-bond donors (Lipinski definition) is 1. The molecule has 19 heavy (non-hydrogen) atoms. The van der Waals surface area contributed by atoms with Gasteiger partial charge in [0.2, 0.25) is 0 Å². The molecule has 1 aromatic carbocycles. The largest absolute Gasteiger partial charge is 0.507 e. The third-order valence-electron chi connectivity index (χ3n) is 2.46. The maximum atomic E-state index is 12.1. The van der Waals surface area contributed by atoms with Crippen molar-refractivity contribution in [1.82, 2.24) is 4.90 Å². The Kier molecular flexibility index (Phi) is 4.29. The molecule has 6 heteroatoms. The highest BCUT2D eigenvalue weighted by Crippen LogP contribution is 2.34. The second kappa shape index (κ2) is 5.77. The first kappa shape index (κ1) is 14.1. The van der Waals surface area contributed by atoms with Gasteiger partial charge in [-0.05, 0) is 24.3 Å². The summed E-state index contributed by atoms with van der Waals surface area (Å²) in [5, 5.41) is 10.2. The van der Waals surface area contributed by atoms with Crippen molar-refractivity contribution in [1.29, 1.82) is 0 Å². The Bertz CT molecular complexity index is 598. The molecule has 3 nitrogen and oxygen atoms in total. The van der Waals surface area contributed by atoms with Gasteiger partial charge < -0.3 is 5.11 Å². The summed E-state index contributed by atoms with van der Waals surface area (Å²) in [6.07, 6.45) is 3.20. The SMILES string of the molecule is C=CCN1C(=O)/C(=C\c2cc(Cl)ccc2O)SC1=S. The van der Waals surface area contributed by atoms with Crippen molar-refractivity contribution in [3.8, 4) is 5.75 Å². The number of halogens is 1. The molecule has 0 aliphatic carbocycles. The number of phenolic OH excluding ortho intramolecular Hbond substituents is 1. The second-order valence-corrected chi connectivity index (χ2v) is 5.90. The zero-order valence-electron chi connectivity index (χ0n) is 9.80. The number of thioether (sulfide) groups is 1. The number of nitrogens with zero attached hydrogens (tertiary/aromatic N) is 1. The van der Waals surface area contributed by atoms with Crippen LogP contribution in [0.5, 0.6) is 5.75 Å². The molecule has 0 aromatic heterocycles. The van der Waals surface area contributed by atoms with Crippen molar-refractivity contribution in [2.24, 2.45) is 0 Å². The highest BCUT2D eigenvalue weighted by molar-refractivity contribution is 8.26. The van der Waals surface area contributed by atoms with Crippen LogP contribution in [0.15, 0.2) is 35.8 Å². The molecule has 1 aromatic rings. The fourth-order valence-electron chi connectivity index (χ4n) is 1.57. The van der Waals surface area contributed by atoms with Gasteiger partial charge in [0.1, 0.15) is 10.1 Å². The number of carbonyl (C=O) groups is 1. The van der Waals surface area contributed by atoms with Crippen LogP contribution in [0.25, 0.3) is 6.08 Å². The average Bonchev–Trinajstić information content (AvgIpc) is 2.62. The Morgan fingerprint density at radius 1 is 1.53 bits per heavy atom. The van der Waals surface area contributed by atoms with Gasteiger partial charge in [0.25, 0.3) is 5.91 Å². The maximum absolute atomic E-state index is 12.1. The quantitative estimate of drug-likeness (QED) is 0.527. The lowest BCUT2D eigenvalue weighted by Gasteiger charge is -2.10. The van der Waals surface area contributed by atoms with Crippen LogP contribution >= 0.6 is 35.6 Å². The summed E-state index contributed by atoms with van der Waals surface area (Å²) >= 11 is 12.2. The lowest BCUT2D eigenvalue weighted by atomic mass is 10.2. The number of carbonyl (C=O) groups excluding carboxylic acids is 1. The van der Waals surface area contributed by atoms with Gasteiger partial charge in [-0.2, -0.15) is 0 Å². The number of benzene rings is 1. The first-order valence-corrected chi connectivity index (χ1v) is 6.98. The summed E-state index contributed by atoms with van der Waals surface area (Å²) in [6, 6.07) is 4.66. The lowest BCUT2D eigenvalue weighted by Crippen LogP contribution is -2.27. The highest BCUT2D eigenvalue weighted by Gasteiger charge is 2.31. The summed E-state index contributed by atoms with van der Waals surface area (Å²) in [7, 11) is 0. The normalized spacial score (nSPS) is 17.3. The van der Waals surface area contributed by atoms with Crippen molar-refractivity contribution in [2.45, 2.75) is 0 Å². The molecule has 2 rings (SSSR count). The Hall–Kier alpha value is -1.30. The smallest absolute Gasteiger partial charge is 0.266 e. The first-order chi connectivity index (χ1) is 9.02. The molecular weight excluding hydrogens is 302 g/mol. The van der Waals surface area contributed by atoms with Crippen LogP contribution in [-0.4, -0.2) is 26.8 Å². The summed E-state index contributed by atoms with van der Waals surface area (Å²) in [4.78, 5) is 14.0. The van der Waals surface area contributed by atoms with E-state index < -0.39 is 0 Å². The van der Waals surface area contributed by atoms with E-state index in [1.54, 1.807) is 24.3 Å². The summed E-state index contributed by atoms with van der Waals surface area (Å²) in [5.74, 6) is -0.118. The number of phenols is 1. The van der Waals surface area contributed by atoms with Gasteiger partial charge in [-0.15, -0.1) is 6.58 Å². The predicted molar refractivity (Wildman–Crippen MR) is 83.2 cm³/mol. The van der Waals surface area contributed by atoms with E-state index in [-0.39, 0.29) is 11.7 Å². The highest BCUT2D eigenvalue weighted by atomic mass is 35.5. The number of amides is 1. The van der Waals surface area contributed by atoms with Crippen molar-refractivity contribution in [2.75, 3.05) is 6.54 Å². The van der Waals surface area contributed by atoms with Crippen molar-refractivity contribution in [3.05, 3.63) is 46.3 Å². The van der Waals surface area contributed by atoms with Crippen LogP contribution in [0, 0.1) is 0 Å². The average molecular weight is 312 g/mol. The molecule has 98 valence electrons. The van der Waals surface area contributed by atoms with Crippen LogP contribution in [-0.2, 0) is 4.79 Å². The molecule has 0 bridgehead atoms. The van der Waals surface area contributed by atoms with Crippen molar-refractivity contribution in [3.63, 3.8) is 0 Å². The van der Waals surface area contributed by atoms with Crippen LogP contribution in [0.3, 0.4) is 0 Å². The molecular formula is C13H10ClNO2S2. The van der Waals surface area contributed by atoms with Gasteiger partial charge >= 0.3 is 0 Å². The van der Waals surface area contributed by atoms with Crippen LogP contribution in [0.4, 0.5) is 0 Å². The topological polar surface area (TPSA) is 40.5 Å². The maximum Gasteiger partial charge on any atom is 0.266 e. The van der Waals surface area contributed by atoms with Gasteiger partial charge in [0, 0.05) is 17.1 Å². The number of aromatic hydroxyl groups is 1. The van der Waals surface area contributed by atoms with E-state index in [4.69, 9.17) is 23.8 Å². The van der Waals surface area contributed by atoms with Gasteiger partial charge in [-0.1, -0.05) is 41.7 Å². The van der Waals surface area contributed by atoms with E-state index in [9.17, 15) is 9.90 Å². The van der Waals surface area contributed by atoms with Crippen LogP contribution < -0.4 is 0 Å². The minimum atomic E-state index is -0.186. The molecule has 0 atom stereocenters. The Morgan fingerprint density at radius 2 is 2.26 bits per heavy atom. The Balaban J connectivity index is 2.34. The summed E-state index contributed by atoms with van der Waals surface area (Å²) in [6.45, 7) is 3.97. The zero-order chi connectivity index (χ0) is 14.0. The molecule has 0 spiro atoms. The van der Waals surface area contributed by atoms with E-state index in [0.29, 0.717) is 26.4 Å². The fraction of sp³-hybridized carbons (Fsp3) is 0.0769. The molecule has 1 heterocycles. The molecule has 1 saturated heterocycles. The van der Waals surface area contributed by atoms with E-state index >= 15 is 0 Å². The molecule has 0 radical (unpaired) electrons. The number of rotatable bonds is 3. The van der Waals surface area contributed by atoms with E-state index in [1.807, 2.05) is 0 Å². The van der Waals surface area contributed by atoms with Gasteiger partial charge in [-0.3, -0.25) is 9.69 Å². The first-order valence-electron chi connectivity index (χ1n) is 5.37. The Labute approximate surface area is 125 Å². The standard InChI is InChI=1S/C13H10ClNO2S2/c1-2-5-15-12(17)11(19-13(15)18)7-8-6-9(14)3-4-10(8)16/h2-4,6-7,16H,1,5H2/b11-7+. The van der Waals surface area contributed by atoms with Crippen molar-refractivity contribution < 1.29 is 9.90 Å². The monoisotopic (exact) mass is 311 g/mol. The zero-order valence-corrected chi connectivity index (χ0v) is 12.2. The van der Waals surface area contributed by atoms with Gasteiger partial charge in [-0.25, -0.2) is 0 Å². The van der Waals surface area contributed by atoms with Crippen LogP contribution in [0.2, 0.25) is 5.02 Å². The fourth-order valence-corrected chi connectivity index (χ4v) is 3.02. The van der Waals surface area contributed by atoms with E-state index in [2.05, 4.69) is 6.58 Å². The Morgan fingerprint density at radius 3 is 2.95 bits per heavy atom. The molecule has 1 amide bonds. The molecule has 0 unspecified atom stereocenters. The summed E-state index contributed by atoms with van der Waals surface area (Å²) in [5.41, 5.74) is 0.492. The molecule has 1 aliphatic heterocycles. The predicted octanol–water partition coefficient (Wildman–Crippen LogP) is 3.43. The third kappa shape index (κ3) is 3.00. The minimum absolute atomic E-state index is 0.0680. The minimum Gasteiger partial charge on any atom is -0.507 e. The van der Waals surface area contributed by atoms with Crippen molar-refractivity contribution >= 4 is 51.9 Å². The summed E-state index contributed by atoms with van der Waals surface area (Å²) < 4.78 is 0.484. The van der Waals surface area contributed by atoms with Crippen LogP contribution in [0.1, 0.15) is 5.56 Å². The number of hydrogen-bond acceptors (Lipinski definition) is 4. The molecule has 1 fully saturated rings. The molecule has 1 N–H and O–H groups in total. The van der Waals surface area contributed by atoms with Gasteiger partial charge in [0.15, 0.2) is 0 Å². The lowest BCUT2D eigenvalue weighted by molar-refractivity contribution is -0.121. The third-order valence-corrected chi connectivity index (χ3v) is 4.07. The van der Waals surface area contributed by atoms with Gasteiger partial charge in [0.05, 0.1) is 4.91 Å². The second-order valence-electron chi connectivity index (χ2n) is 3.78. The molecule has 0 saturated carbocycles. The molecule has 1 aliphatic rings. The number of thiocarbonyl (C=S) groups is 1. The van der Waals surface area contributed by atoms with E-state index in [0.717, 1.165) is 0 Å². The van der Waals surface area contributed by atoms with E-state index in [1.165, 1.54) is 22.7 Å².